The highest BCUT2D eigenvalue weighted by Gasteiger charge is 2.40. The Morgan fingerprint density at radius 2 is 1.28 bits per heavy atom. The van der Waals surface area contributed by atoms with Gasteiger partial charge < -0.3 is 94.1 Å². The molecule has 100 heavy (non-hydrogen) atoms. The Morgan fingerprint density at radius 3 is 1.90 bits per heavy atom. The van der Waals surface area contributed by atoms with Crippen LogP contribution in [-0.2, 0) is 85.0 Å². The van der Waals surface area contributed by atoms with E-state index in [9.17, 15) is 48.6 Å². The van der Waals surface area contributed by atoms with E-state index in [0.29, 0.717) is 59.3 Å². The number of aromatic hydroxyl groups is 1. The van der Waals surface area contributed by atoms with Crippen LogP contribution in [0.5, 0.6) is 5.75 Å². The summed E-state index contributed by atoms with van der Waals surface area (Å²) in [6.45, 7) is 6.49. The van der Waals surface area contributed by atoms with E-state index in [0.717, 1.165) is 12.5 Å². The van der Waals surface area contributed by atoms with Gasteiger partial charge in [-0.1, -0.05) is 74.5 Å². The van der Waals surface area contributed by atoms with Crippen LogP contribution < -0.4 is 59.3 Å². The van der Waals surface area contributed by atoms with Crippen molar-refractivity contribution in [2.24, 2.45) is 22.4 Å². The molecule has 0 spiro atoms. The predicted molar refractivity (Wildman–Crippen MR) is 365 cm³/mol. The molecule has 2 aliphatic rings. The fourth-order valence-electron chi connectivity index (χ4n) is 11.7. The number of aromatic amines is 2. The Kier molecular flexibility index (Phi) is 28.6. The number of carboxylic acid groups (broad SMARTS) is 1. The zero-order valence-electron chi connectivity index (χ0n) is 56.2. The number of hydrogen-bond acceptors (Lipinski definition) is 16. The molecule has 0 unspecified atom stereocenters. The van der Waals surface area contributed by atoms with Crippen LogP contribution in [0.25, 0.3) is 10.9 Å². The number of carbonyl (C=O) groups excluding carboxylic acids is 10. The number of aliphatic hydroxyl groups excluding tert-OH is 1. The van der Waals surface area contributed by atoms with Gasteiger partial charge in [0.1, 0.15) is 60.1 Å². The Hall–Kier alpha value is -11.2. The van der Waals surface area contributed by atoms with Gasteiger partial charge in [-0.3, -0.25) is 57.7 Å². The topological polar surface area (TPSA) is 487 Å². The minimum atomic E-state index is -1.80. The van der Waals surface area contributed by atoms with E-state index in [4.69, 9.17) is 21.4 Å². The van der Waals surface area contributed by atoms with E-state index in [1.54, 1.807) is 42.2 Å². The number of para-hydroxylation sites is 1. The lowest BCUT2D eigenvalue weighted by atomic mass is 10.00. The first kappa shape index (κ1) is 76.2. The molecule has 2 fully saturated rings. The molecule has 0 saturated carbocycles. The molecule has 0 bridgehead atoms. The lowest BCUT2D eigenvalue weighted by molar-refractivity contribution is -0.142. The first-order valence-electron chi connectivity index (χ1n) is 33.1. The number of nitrogens with one attached hydrogen (secondary N) is 11. The number of imidazole rings is 2. The van der Waals surface area contributed by atoms with Crippen molar-refractivity contribution in [1.29, 1.82) is 0 Å². The fraction of sp³-hybridized carbons (Fsp3) is 0.441. The molecule has 8 rings (SSSR count). The van der Waals surface area contributed by atoms with Crippen molar-refractivity contribution in [3.05, 3.63) is 138 Å². The van der Waals surface area contributed by atoms with Gasteiger partial charge in [0.2, 0.25) is 59.1 Å². The number of carbonyl (C=O) groups is 11. The molecule has 9 atom stereocenters. The summed E-state index contributed by atoms with van der Waals surface area (Å²) in [6.07, 6.45) is 8.35. The van der Waals surface area contributed by atoms with Gasteiger partial charge in [0, 0.05) is 106 Å². The van der Waals surface area contributed by atoms with Gasteiger partial charge in [0.25, 0.3) is 5.97 Å². The average molecular weight is 1380 g/mol. The SMILES string of the molecule is CC(=O)O.CCNC(=O)[C@@H]1CCCN1C(=O)[C@H](CCCN=C(N)N)NC(=O)[C@H](CC(C)C)NC(=O)[C@H](Cc1cncn1Cc1ccccc1)NC(=O)[C@H](Cc1ccc(O)cc1)NC(=O)[C@H](CO)NC(=O)[C@H](Cc1c[nH]c2ccccc12)NC(=O)[C@H](Cc1cnc[nH]1)NC(=O)[C@@H]1CCC(=O)N1. The zero-order chi connectivity index (χ0) is 72.4. The number of fused-ring (bicyclic) bond motifs is 1. The van der Waals surface area contributed by atoms with Gasteiger partial charge in [-0.2, -0.15) is 0 Å². The monoisotopic (exact) mass is 1380 g/mol. The van der Waals surface area contributed by atoms with Crippen LogP contribution >= 0.6 is 0 Å². The highest BCUT2D eigenvalue weighted by atomic mass is 16.4. The maximum absolute atomic E-state index is 15.2. The molecule has 3 aromatic carbocycles. The standard InChI is InChI=1S/C66H86N18O12.C2H4O2/c1-4-71-64(95)55-17-11-25-84(55)65(96)48(16-10-24-72-66(67)68)76-58(89)49(26-38(2)3)77-62(93)53(30-43-33-70-37-83(43)34-40-12-6-5-7-13-40)81-59(90)50(27-39-18-20-44(86)21-19-39)78-63(94)54(35-85)82-60(91)51(28-41-31-73-46-15-9-8-14-45(41)46)79-61(92)52(29-42-32-69-36-74-42)80-57(88)47-22-23-56(87)75-47;1-2(3)4/h5-9,12-15,18-21,31-33,36-38,47-55,73,85-86H,4,10-11,16-17,22-30,34-35H2,1-3H3,(H,69,74)(H,71,95)(H,75,87)(H,76,89)(H,77,93)(H,78,94)(H,79,92)(H,80,88)(H,81,90)(H,82,91)(H4,67,68,72);1H3,(H,3,4)/t47-,48-,49-,50-,51-,52-,53-,54-,55-;/m0./s1. The number of hydrogen-bond donors (Lipinski definition) is 16. The van der Waals surface area contributed by atoms with Crippen molar-refractivity contribution in [2.45, 2.75) is 159 Å². The molecule has 5 heterocycles. The highest BCUT2D eigenvalue weighted by Crippen LogP contribution is 2.23. The maximum atomic E-state index is 15.2. The summed E-state index contributed by atoms with van der Waals surface area (Å²) in [6, 6.07) is 10.4. The largest absolute Gasteiger partial charge is 0.508 e. The molecule has 32 heteroatoms. The van der Waals surface area contributed by atoms with Crippen LogP contribution in [-0.4, -0.2) is 196 Å². The third-order valence-corrected chi connectivity index (χ3v) is 16.6. The van der Waals surface area contributed by atoms with Crippen LogP contribution in [0.3, 0.4) is 0 Å². The summed E-state index contributed by atoms with van der Waals surface area (Å²) in [5.41, 5.74) is 14.7. The number of aliphatic hydroxyl groups is 1. The molecule has 2 saturated heterocycles. The number of amides is 10. The molecule has 6 aromatic rings. The number of likely N-dealkylation sites (tertiary alicyclic amines) is 1. The van der Waals surface area contributed by atoms with Gasteiger partial charge in [-0.05, 0) is 86.3 Å². The third-order valence-electron chi connectivity index (χ3n) is 16.6. The van der Waals surface area contributed by atoms with Crippen LogP contribution in [0.1, 0.15) is 101 Å². The number of nitrogens with zero attached hydrogens (tertiary/aromatic N) is 5. The number of guanidine groups is 1. The summed E-state index contributed by atoms with van der Waals surface area (Å²) in [7, 11) is 0. The summed E-state index contributed by atoms with van der Waals surface area (Å²) >= 11 is 0. The minimum absolute atomic E-state index is 0.0497. The number of carboxylic acids is 1. The fourth-order valence-corrected chi connectivity index (χ4v) is 11.7. The van der Waals surface area contributed by atoms with E-state index >= 15 is 9.59 Å². The number of benzene rings is 3. The van der Waals surface area contributed by atoms with E-state index in [1.165, 1.54) is 47.9 Å². The third kappa shape index (κ3) is 23.0. The molecule has 32 nitrogen and oxygen atoms in total. The number of likely N-dealkylation sites (N-methyl/N-ethyl adjacent to an activating group) is 1. The van der Waals surface area contributed by atoms with Crippen LogP contribution in [0.2, 0.25) is 0 Å². The van der Waals surface area contributed by atoms with Gasteiger partial charge in [0.05, 0.1) is 19.3 Å². The van der Waals surface area contributed by atoms with Crippen molar-refractivity contribution in [2.75, 3.05) is 26.2 Å². The molecular formula is C68H90N18O14. The summed E-state index contributed by atoms with van der Waals surface area (Å²) in [5, 5.41) is 53.8. The zero-order valence-corrected chi connectivity index (χ0v) is 56.2. The Morgan fingerprint density at radius 1 is 0.680 bits per heavy atom. The van der Waals surface area contributed by atoms with Gasteiger partial charge in [-0.15, -0.1) is 0 Å². The summed E-state index contributed by atoms with van der Waals surface area (Å²) < 4.78 is 1.77. The molecule has 10 amide bonds. The Balaban J connectivity index is 0.00000342. The van der Waals surface area contributed by atoms with E-state index < -0.39 is 114 Å². The number of aromatic nitrogens is 5. The second kappa shape index (κ2) is 37.5. The number of phenolic OH excluding ortho intramolecular Hbond substituents is 1. The smallest absolute Gasteiger partial charge is 0.300 e. The number of H-pyrrole nitrogens is 2. The van der Waals surface area contributed by atoms with Crippen LogP contribution in [0.4, 0.5) is 0 Å². The number of aliphatic imine (C=N–C) groups is 1. The van der Waals surface area contributed by atoms with Crippen LogP contribution in [0.15, 0.2) is 115 Å². The quantitative estimate of drug-likeness (QED) is 0.0132. The first-order chi connectivity index (χ1) is 47.9. The van der Waals surface area contributed by atoms with E-state index in [2.05, 4.69) is 72.8 Å². The second-order valence-electron chi connectivity index (χ2n) is 24.9. The van der Waals surface area contributed by atoms with Crippen molar-refractivity contribution < 1.29 is 68.1 Å². The summed E-state index contributed by atoms with van der Waals surface area (Å²) in [5.74, 6) is -8.54. The highest BCUT2D eigenvalue weighted by molar-refractivity contribution is 5.99. The second-order valence-corrected chi connectivity index (χ2v) is 24.9. The van der Waals surface area contributed by atoms with Crippen molar-refractivity contribution in [3.63, 3.8) is 0 Å². The van der Waals surface area contributed by atoms with Crippen molar-refractivity contribution in [3.8, 4) is 5.75 Å². The Labute approximate surface area is 576 Å². The van der Waals surface area contributed by atoms with Gasteiger partial charge in [0.15, 0.2) is 5.96 Å². The molecular weight excluding hydrogens is 1290 g/mol. The lowest BCUT2D eigenvalue weighted by Gasteiger charge is -2.30. The van der Waals surface area contributed by atoms with Gasteiger partial charge >= 0.3 is 0 Å². The van der Waals surface area contributed by atoms with Crippen molar-refractivity contribution in [1.82, 2.24) is 77.3 Å². The van der Waals surface area contributed by atoms with E-state index in [1.807, 2.05) is 50.2 Å². The molecule has 536 valence electrons. The van der Waals surface area contributed by atoms with Crippen LogP contribution in [0, 0.1) is 5.92 Å². The average Bonchev–Trinajstić information content (AvgIpc) is 1.59. The molecule has 0 radical (unpaired) electrons. The number of aliphatic carboxylic acids is 1. The molecule has 18 N–H and O–H groups in total. The van der Waals surface area contributed by atoms with Gasteiger partial charge in [-0.25, -0.2) is 9.97 Å². The number of nitrogens with two attached hydrogens (primary N) is 2. The normalized spacial score (nSPS) is 16.1. The number of rotatable bonds is 34. The maximum Gasteiger partial charge on any atom is 0.300 e. The van der Waals surface area contributed by atoms with Crippen molar-refractivity contribution >= 4 is 81.9 Å². The molecule has 3 aromatic heterocycles. The minimum Gasteiger partial charge on any atom is -0.508 e. The molecule has 0 aliphatic carbocycles. The first-order valence-corrected chi connectivity index (χ1v) is 33.1. The molecule has 2 aliphatic heterocycles. The summed E-state index contributed by atoms with van der Waals surface area (Å²) in [4.78, 5) is 171. The van der Waals surface area contributed by atoms with E-state index in [-0.39, 0.29) is 100 Å². The lowest BCUT2D eigenvalue weighted by Crippen LogP contribution is -2.61. The predicted octanol–water partition coefficient (Wildman–Crippen LogP) is -0.906. The number of phenols is 1. The Bertz CT molecular complexity index is 3800.